The van der Waals surface area contributed by atoms with Crippen molar-refractivity contribution in [1.82, 2.24) is 15.3 Å². The van der Waals surface area contributed by atoms with Crippen molar-refractivity contribution in [2.45, 2.75) is 50.1 Å². The number of carbonyl (C=O) groups excluding carboxylic acids is 1. The van der Waals surface area contributed by atoms with Gasteiger partial charge in [-0.2, -0.15) is 10.2 Å². The third-order valence-corrected chi connectivity index (χ3v) is 5.43. The molecular formula is C16H21ClN6O. The largest absolute Gasteiger partial charge is 0.382 e. The Balaban J connectivity index is 1.68. The van der Waals surface area contributed by atoms with E-state index in [4.69, 9.17) is 22.6 Å². The highest BCUT2D eigenvalue weighted by Crippen LogP contribution is 2.36. The molecule has 1 aromatic heterocycles. The van der Waals surface area contributed by atoms with E-state index in [-0.39, 0.29) is 40.7 Å². The molecule has 8 heteroatoms. The van der Waals surface area contributed by atoms with E-state index >= 15 is 0 Å². The summed E-state index contributed by atoms with van der Waals surface area (Å²) in [5.41, 5.74) is 5.95. The van der Waals surface area contributed by atoms with Crippen molar-refractivity contribution in [1.29, 1.82) is 5.26 Å². The molecule has 1 aromatic rings. The summed E-state index contributed by atoms with van der Waals surface area (Å²) in [6.45, 7) is 1.93. The van der Waals surface area contributed by atoms with Gasteiger partial charge in [-0.05, 0) is 38.5 Å². The Morgan fingerprint density at radius 3 is 3.00 bits per heavy atom. The van der Waals surface area contributed by atoms with Gasteiger partial charge in [0.25, 0.3) is 0 Å². The molecule has 4 N–H and O–H groups in total. The van der Waals surface area contributed by atoms with E-state index in [1.807, 2.05) is 13.0 Å². The predicted molar refractivity (Wildman–Crippen MR) is 91.3 cm³/mol. The third-order valence-electron chi connectivity index (χ3n) is 5.04. The molecule has 128 valence electrons. The molecule has 4 unspecified atom stereocenters. The number of alkyl halides is 1. The van der Waals surface area contributed by atoms with Crippen LogP contribution in [0.1, 0.15) is 38.2 Å². The van der Waals surface area contributed by atoms with Gasteiger partial charge in [-0.1, -0.05) is 0 Å². The first-order chi connectivity index (χ1) is 11.5. The van der Waals surface area contributed by atoms with Gasteiger partial charge in [-0.3, -0.25) is 4.79 Å². The maximum atomic E-state index is 12.4. The van der Waals surface area contributed by atoms with Gasteiger partial charge in [0.15, 0.2) is 0 Å². The average molecular weight is 349 g/mol. The highest BCUT2D eigenvalue weighted by atomic mass is 35.5. The summed E-state index contributed by atoms with van der Waals surface area (Å²) in [5.74, 6) is 0.764. The van der Waals surface area contributed by atoms with Crippen molar-refractivity contribution in [3.63, 3.8) is 0 Å². The van der Waals surface area contributed by atoms with Gasteiger partial charge in [-0.25, -0.2) is 4.98 Å². The number of amides is 1. The number of carbonyl (C=O) groups is 1. The minimum absolute atomic E-state index is 0.0610. The highest BCUT2D eigenvalue weighted by molar-refractivity contribution is 6.20. The average Bonchev–Trinajstić information content (AvgIpc) is 2.54. The number of aromatic nitrogens is 2. The Morgan fingerprint density at radius 1 is 1.50 bits per heavy atom. The number of halogens is 1. The number of hydrogen-bond donors (Lipinski definition) is 3. The molecule has 0 bridgehead atoms. The second-order valence-corrected chi connectivity index (χ2v) is 7.28. The van der Waals surface area contributed by atoms with Gasteiger partial charge in [0.05, 0.1) is 12.1 Å². The van der Waals surface area contributed by atoms with E-state index in [9.17, 15) is 4.79 Å². The first-order valence-electron chi connectivity index (χ1n) is 8.21. The maximum absolute atomic E-state index is 12.4. The monoisotopic (exact) mass is 348 g/mol. The van der Waals surface area contributed by atoms with Crippen LogP contribution in [0.3, 0.4) is 0 Å². The van der Waals surface area contributed by atoms with Gasteiger partial charge in [0.2, 0.25) is 11.9 Å². The molecule has 0 spiro atoms. The minimum Gasteiger partial charge on any atom is -0.382 e. The molecular weight excluding hydrogens is 328 g/mol. The molecule has 1 amide bonds. The van der Waals surface area contributed by atoms with Gasteiger partial charge in [-0.15, -0.1) is 11.6 Å². The number of nitrogens with one attached hydrogen (secondary N) is 2. The highest BCUT2D eigenvalue weighted by Gasteiger charge is 2.41. The van der Waals surface area contributed by atoms with Crippen molar-refractivity contribution >= 4 is 29.3 Å². The summed E-state index contributed by atoms with van der Waals surface area (Å²) in [7, 11) is 0. The van der Waals surface area contributed by atoms with Crippen LogP contribution >= 0.6 is 11.6 Å². The molecule has 1 saturated heterocycles. The molecule has 0 radical (unpaired) electrons. The van der Waals surface area contributed by atoms with Gasteiger partial charge < -0.3 is 16.4 Å². The molecule has 5 atom stereocenters. The molecule has 24 heavy (non-hydrogen) atoms. The van der Waals surface area contributed by atoms with E-state index in [0.29, 0.717) is 11.9 Å². The van der Waals surface area contributed by atoms with Gasteiger partial charge in [0, 0.05) is 17.5 Å². The van der Waals surface area contributed by atoms with Crippen LogP contribution in [-0.2, 0) is 4.79 Å². The Hall–Kier alpha value is -2.07. The number of anilines is 2. The smallest absolute Gasteiger partial charge is 0.225 e. The first kappa shape index (κ1) is 16.8. The Kier molecular flexibility index (Phi) is 4.76. The summed E-state index contributed by atoms with van der Waals surface area (Å²) in [4.78, 5) is 20.6. The van der Waals surface area contributed by atoms with Gasteiger partial charge >= 0.3 is 0 Å². The zero-order valence-electron chi connectivity index (χ0n) is 13.5. The predicted octanol–water partition coefficient (Wildman–Crippen LogP) is 1.64. The summed E-state index contributed by atoms with van der Waals surface area (Å²) in [5, 5.41) is 15.3. The number of hydrogen-bond acceptors (Lipinski definition) is 6. The Labute approximate surface area is 146 Å². The topological polar surface area (TPSA) is 117 Å². The Morgan fingerprint density at radius 2 is 2.29 bits per heavy atom. The van der Waals surface area contributed by atoms with Crippen LogP contribution in [-0.4, -0.2) is 33.3 Å². The van der Waals surface area contributed by atoms with Crippen molar-refractivity contribution in [3.8, 4) is 6.07 Å². The number of nitriles is 1. The lowest BCUT2D eigenvalue weighted by Gasteiger charge is -2.42. The summed E-state index contributed by atoms with van der Waals surface area (Å²) in [6.07, 6.45) is 5.04. The third kappa shape index (κ3) is 3.39. The molecule has 7 nitrogen and oxygen atoms in total. The second-order valence-electron chi connectivity index (χ2n) is 6.67. The van der Waals surface area contributed by atoms with Crippen LogP contribution in [0.4, 0.5) is 11.8 Å². The number of nitrogens with zero attached hydrogens (tertiary/aromatic N) is 3. The SMILES string of the molecule is C[C@H](Nc1ncc(C#N)c(N)n1)C1CC2CC(Cl)CCC2NC1=O. The quantitative estimate of drug-likeness (QED) is 0.715. The number of nitrogen functional groups attached to an aromatic ring is 1. The molecule has 1 saturated carbocycles. The lowest BCUT2D eigenvalue weighted by atomic mass is 9.74. The summed E-state index contributed by atoms with van der Waals surface area (Å²) in [6, 6.07) is 2.03. The van der Waals surface area contributed by atoms with Crippen LogP contribution in [0, 0.1) is 23.2 Å². The number of rotatable bonds is 3. The normalized spacial score (nSPS) is 30.6. The first-order valence-corrected chi connectivity index (χ1v) is 8.65. The molecule has 0 aromatic carbocycles. The number of piperidine rings is 1. The lowest BCUT2D eigenvalue weighted by Crippen LogP contribution is -2.55. The molecule has 3 rings (SSSR count). The van der Waals surface area contributed by atoms with E-state index in [1.165, 1.54) is 6.20 Å². The molecule has 1 aliphatic heterocycles. The maximum Gasteiger partial charge on any atom is 0.225 e. The van der Waals surface area contributed by atoms with E-state index in [2.05, 4.69) is 20.6 Å². The van der Waals surface area contributed by atoms with Crippen molar-refractivity contribution < 1.29 is 4.79 Å². The fourth-order valence-corrected chi connectivity index (χ4v) is 4.02. The lowest BCUT2D eigenvalue weighted by molar-refractivity contribution is -0.130. The molecule has 1 aliphatic carbocycles. The molecule has 2 heterocycles. The number of nitrogens with two attached hydrogens (primary N) is 1. The van der Waals surface area contributed by atoms with Crippen LogP contribution in [0.25, 0.3) is 0 Å². The zero-order valence-corrected chi connectivity index (χ0v) is 14.3. The van der Waals surface area contributed by atoms with Gasteiger partial charge in [0.1, 0.15) is 17.5 Å². The molecule has 2 aliphatic rings. The van der Waals surface area contributed by atoms with Crippen LogP contribution < -0.4 is 16.4 Å². The number of fused-ring (bicyclic) bond motifs is 1. The van der Waals surface area contributed by atoms with E-state index < -0.39 is 0 Å². The van der Waals surface area contributed by atoms with E-state index in [1.54, 1.807) is 0 Å². The van der Waals surface area contributed by atoms with Crippen LogP contribution in [0.15, 0.2) is 6.20 Å². The van der Waals surface area contributed by atoms with Crippen molar-refractivity contribution in [2.24, 2.45) is 11.8 Å². The summed E-state index contributed by atoms with van der Waals surface area (Å²) >= 11 is 6.29. The second kappa shape index (κ2) is 6.81. The van der Waals surface area contributed by atoms with Crippen molar-refractivity contribution in [3.05, 3.63) is 11.8 Å². The van der Waals surface area contributed by atoms with Crippen molar-refractivity contribution in [2.75, 3.05) is 11.1 Å². The molecule has 2 fully saturated rings. The minimum atomic E-state index is -0.173. The van der Waals surface area contributed by atoms with E-state index in [0.717, 1.165) is 25.7 Å². The fraction of sp³-hybridized carbons (Fsp3) is 0.625. The zero-order chi connectivity index (χ0) is 17.3. The van der Waals surface area contributed by atoms with Crippen LogP contribution in [0.5, 0.6) is 0 Å². The Bertz CT molecular complexity index is 675. The van der Waals surface area contributed by atoms with Crippen LogP contribution in [0.2, 0.25) is 0 Å². The fourth-order valence-electron chi connectivity index (χ4n) is 3.67. The summed E-state index contributed by atoms with van der Waals surface area (Å²) < 4.78 is 0. The standard InChI is InChI=1S/C16H21ClN6O/c1-8(21-16-20-7-10(6-18)14(19)23-16)12-5-9-4-11(17)2-3-13(9)22-15(12)24/h7-9,11-13H,2-5H2,1H3,(H,22,24)(H3,19,20,21,23)/t8-,9?,11?,12?,13?/m0/s1.